The van der Waals surface area contributed by atoms with Gasteiger partial charge in [0.15, 0.2) is 0 Å². The van der Waals surface area contributed by atoms with Crippen LogP contribution in [0, 0.1) is 0 Å². The Kier molecular flexibility index (Phi) is 4.28. The van der Waals surface area contributed by atoms with Crippen molar-refractivity contribution in [2.45, 2.75) is 31.5 Å². The van der Waals surface area contributed by atoms with Gasteiger partial charge in [0.1, 0.15) is 0 Å². The second kappa shape index (κ2) is 6.45. The summed E-state index contributed by atoms with van der Waals surface area (Å²) in [5.41, 5.74) is 3.32. The summed E-state index contributed by atoms with van der Waals surface area (Å²) in [6.07, 6.45) is 0. The van der Waals surface area contributed by atoms with Gasteiger partial charge in [0, 0.05) is 48.7 Å². The molecule has 3 atom stereocenters. The molecule has 0 aliphatic carbocycles. The molecule has 0 saturated carbocycles. The Labute approximate surface area is 152 Å². The van der Waals surface area contributed by atoms with E-state index in [1.54, 1.807) is 6.92 Å². The minimum Gasteiger partial charge on any atom is -0.395 e. The number of fused-ring (bicyclic) bond motifs is 3. The van der Waals surface area contributed by atoms with Crippen LogP contribution >= 0.6 is 11.6 Å². The molecular formula is C20H21ClN2O2. The summed E-state index contributed by atoms with van der Waals surface area (Å²) in [6, 6.07) is 16.2. The highest BCUT2D eigenvalue weighted by Gasteiger charge is 2.52. The first kappa shape index (κ1) is 16.6. The number of aliphatic hydroxyl groups is 1. The maximum absolute atomic E-state index is 12.1. The molecule has 130 valence electrons. The Morgan fingerprint density at radius 1 is 1.20 bits per heavy atom. The largest absolute Gasteiger partial charge is 0.395 e. The molecule has 0 spiro atoms. The molecule has 25 heavy (non-hydrogen) atoms. The molecule has 4 nitrogen and oxygen atoms in total. The summed E-state index contributed by atoms with van der Waals surface area (Å²) in [4.78, 5) is 16.3. The molecule has 1 fully saturated rings. The lowest BCUT2D eigenvalue weighted by Crippen LogP contribution is -2.68. The van der Waals surface area contributed by atoms with Gasteiger partial charge in [-0.15, -0.1) is 0 Å². The van der Waals surface area contributed by atoms with Crippen molar-refractivity contribution in [2.24, 2.45) is 0 Å². The maximum atomic E-state index is 12.1. The Balaban J connectivity index is 1.65. The number of benzene rings is 2. The normalized spacial score (nSPS) is 25.1. The molecule has 0 radical (unpaired) electrons. The minimum atomic E-state index is 0.0600. The lowest BCUT2D eigenvalue weighted by atomic mass is 9.71. The van der Waals surface area contributed by atoms with Crippen LogP contribution in [-0.4, -0.2) is 41.1 Å². The van der Waals surface area contributed by atoms with Crippen molar-refractivity contribution in [3.05, 3.63) is 64.7 Å². The third-order valence-electron chi connectivity index (χ3n) is 5.48. The van der Waals surface area contributed by atoms with E-state index in [-0.39, 0.29) is 30.5 Å². The van der Waals surface area contributed by atoms with Crippen molar-refractivity contribution >= 4 is 23.2 Å². The average Bonchev–Trinajstić information content (AvgIpc) is 2.61. The van der Waals surface area contributed by atoms with Crippen molar-refractivity contribution in [3.8, 4) is 0 Å². The molecule has 2 heterocycles. The van der Waals surface area contributed by atoms with Crippen LogP contribution in [0.3, 0.4) is 0 Å². The second-order valence-electron chi connectivity index (χ2n) is 6.83. The number of hydrogen-bond donors (Lipinski definition) is 1. The molecule has 1 N–H and O–H groups in total. The highest BCUT2D eigenvalue weighted by Crippen LogP contribution is 2.48. The Morgan fingerprint density at radius 3 is 2.60 bits per heavy atom. The number of likely N-dealkylation sites (tertiary alicyclic amines) is 1. The smallest absolute Gasteiger partial charge is 0.223 e. The predicted molar refractivity (Wildman–Crippen MR) is 98.9 cm³/mol. The number of carbonyl (C=O) groups excluding carboxylic acids is 1. The van der Waals surface area contributed by atoms with E-state index < -0.39 is 0 Å². The zero-order chi connectivity index (χ0) is 17.6. The summed E-state index contributed by atoms with van der Waals surface area (Å²) >= 11 is 5.98. The fourth-order valence-electron chi connectivity index (χ4n) is 4.30. The maximum Gasteiger partial charge on any atom is 0.223 e. The summed E-state index contributed by atoms with van der Waals surface area (Å²) in [7, 11) is 0. The van der Waals surface area contributed by atoms with E-state index in [4.69, 9.17) is 11.6 Å². The van der Waals surface area contributed by atoms with E-state index >= 15 is 0 Å². The number of para-hydroxylation sites is 1. The molecule has 4 rings (SSSR count). The SMILES string of the molecule is CC(=O)N1C[C@@H]2[C@H](c3ccccc31)[C@H](CO)N2Cc1ccc(Cl)cc1. The number of aliphatic hydroxyl groups excluding tert-OH is 1. The van der Waals surface area contributed by atoms with Gasteiger partial charge in [-0.05, 0) is 29.3 Å². The van der Waals surface area contributed by atoms with Crippen LogP contribution in [0.25, 0.3) is 0 Å². The lowest BCUT2D eigenvalue weighted by molar-refractivity contribution is -0.118. The number of amides is 1. The van der Waals surface area contributed by atoms with Crippen molar-refractivity contribution < 1.29 is 9.90 Å². The highest BCUT2D eigenvalue weighted by atomic mass is 35.5. The highest BCUT2D eigenvalue weighted by molar-refractivity contribution is 6.30. The van der Waals surface area contributed by atoms with Crippen LogP contribution in [0.1, 0.15) is 24.0 Å². The van der Waals surface area contributed by atoms with Crippen molar-refractivity contribution in [3.63, 3.8) is 0 Å². The predicted octanol–water partition coefficient (Wildman–Crippen LogP) is 3.04. The monoisotopic (exact) mass is 356 g/mol. The lowest BCUT2D eigenvalue weighted by Gasteiger charge is -2.59. The van der Waals surface area contributed by atoms with Crippen LogP contribution in [0.15, 0.2) is 48.5 Å². The summed E-state index contributed by atoms with van der Waals surface area (Å²) in [6.45, 7) is 3.14. The molecule has 2 aromatic rings. The molecule has 0 aromatic heterocycles. The molecule has 1 amide bonds. The van der Waals surface area contributed by atoms with Crippen molar-refractivity contribution in [1.29, 1.82) is 0 Å². The van der Waals surface area contributed by atoms with E-state index in [2.05, 4.69) is 11.0 Å². The van der Waals surface area contributed by atoms with Gasteiger partial charge in [0.2, 0.25) is 5.91 Å². The fraction of sp³-hybridized carbons (Fsp3) is 0.350. The third kappa shape index (κ3) is 2.74. The first-order valence-corrected chi connectivity index (χ1v) is 8.96. The number of halogens is 1. The second-order valence-corrected chi connectivity index (χ2v) is 7.27. The first-order valence-electron chi connectivity index (χ1n) is 8.58. The third-order valence-corrected chi connectivity index (χ3v) is 5.73. The molecule has 2 aromatic carbocycles. The van der Waals surface area contributed by atoms with Crippen LogP contribution < -0.4 is 4.90 Å². The Bertz CT molecular complexity index is 793. The van der Waals surface area contributed by atoms with Gasteiger partial charge in [0.05, 0.1) is 6.61 Å². The number of carbonyl (C=O) groups is 1. The summed E-state index contributed by atoms with van der Waals surface area (Å²) < 4.78 is 0. The van der Waals surface area contributed by atoms with Crippen LogP contribution in [-0.2, 0) is 11.3 Å². The molecule has 0 unspecified atom stereocenters. The van der Waals surface area contributed by atoms with Gasteiger partial charge < -0.3 is 10.0 Å². The number of rotatable bonds is 3. The molecule has 2 aliphatic rings. The van der Waals surface area contributed by atoms with E-state index in [0.717, 1.165) is 22.8 Å². The summed E-state index contributed by atoms with van der Waals surface area (Å²) in [5, 5.41) is 10.7. The van der Waals surface area contributed by atoms with E-state index in [1.165, 1.54) is 5.56 Å². The number of nitrogens with zero attached hydrogens (tertiary/aromatic N) is 2. The van der Waals surface area contributed by atoms with Crippen molar-refractivity contribution in [2.75, 3.05) is 18.1 Å². The van der Waals surface area contributed by atoms with E-state index in [1.807, 2.05) is 47.4 Å². The minimum absolute atomic E-state index is 0.0600. The zero-order valence-electron chi connectivity index (χ0n) is 14.1. The van der Waals surface area contributed by atoms with E-state index in [0.29, 0.717) is 6.54 Å². The number of hydrogen-bond acceptors (Lipinski definition) is 3. The van der Waals surface area contributed by atoms with Gasteiger partial charge in [-0.2, -0.15) is 0 Å². The van der Waals surface area contributed by atoms with Gasteiger partial charge in [-0.3, -0.25) is 9.69 Å². The molecule has 2 aliphatic heterocycles. The van der Waals surface area contributed by atoms with Crippen LogP contribution in [0.2, 0.25) is 5.02 Å². The molecule has 1 saturated heterocycles. The quantitative estimate of drug-likeness (QED) is 0.919. The average molecular weight is 357 g/mol. The fourth-order valence-corrected chi connectivity index (χ4v) is 4.42. The summed E-state index contributed by atoms with van der Waals surface area (Å²) in [5.74, 6) is 0.328. The first-order chi connectivity index (χ1) is 12.1. The van der Waals surface area contributed by atoms with Gasteiger partial charge in [0.25, 0.3) is 0 Å². The Hall–Kier alpha value is -1.88. The zero-order valence-corrected chi connectivity index (χ0v) is 14.9. The topological polar surface area (TPSA) is 43.8 Å². The van der Waals surface area contributed by atoms with Crippen LogP contribution in [0.4, 0.5) is 5.69 Å². The van der Waals surface area contributed by atoms with Gasteiger partial charge >= 0.3 is 0 Å². The standard InChI is InChI=1S/C20H21ClN2O2/c1-13(25)22-11-18-20(16-4-2-3-5-17(16)22)19(12-24)23(18)10-14-6-8-15(21)9-7-14/h2-9,18-20,24H,10-12H2,1H3/t18-,19+,20+/m1/s1. The molecular weight excluding hydrogens is 336 g/mol. The Morgan fingerprint density at radius 2 is 1.92 bits per heavy atom. The van der Waals surface area contributed by atoms with Crippen LogP contribution in [0.5, 0.6) is 0 Å². The molecule has 5 heteroatoms. The number of anilines is 1. The van der Waals surface area contributed by atoms with Gasteiger partial charge in [-0.1, -0.05) is 41.9 Å². The van der Waals surface area contributed by atoms with Gasteiger partial charge in [-0.25, -0.2) is 0 Å². The van der Waals surface area contributed by atoms with E-state index in [9.17, 15) is 9.90 Å². The van der Waals surface area contributed by atoms with Crippen molar-refractivity contribution in [1.82, 2.24) is 4.90 Å². The molecule has 0 bridgehead atoms.